The minimum absolute atomic E-state index is 0.00208. The third kappa shape index (κ3) is 2.57. The SMILES string of the molecule is C=CCc1cc(OC)c(O)cc1C(C)(C)C. The van der Waals surface area contributed by atoms with Gasteiger partial charge in [0.2, 0.25) is 0 Å². The Morgan fingerprint density at radius 3 is 2.44 bits per heavy atom. The van der Waals surface area contributed by atoms with Crippen LogP contribution >= 0.6 is 0 Å². The first-order valence-electron chi connectivity index (χ1n) is 5.41. The molecule has 16 heavy (non-hydrogen) atoms. The highest BCUT2D eigenvalue weighted by atomic mass is 16.5. The number of ether oxygens (including phenoxy) is 1. The standard InChI is InChI=1S/C14H20O2/c1-6-7-10-8-13(16-5)12(15)9-11(10)14(2,3)4/h6,8-9,15H,1,7H2,2-5H3. The van der Waals surface area contributed by atoms with Crippen molar-refractivity contribution in [3.8, 4) is 11.5 Å². The molecule has 0 spiro atoms. The van der Waals surface area contributed by atoms with Gasteiger partial charge in [0.15, 0.2) is 11.5 Å². The summed E-state index contributed by atoms with van der Waals surface area (Å²) in [5, 5.41) is 9.80. The third-order valence-corrected chi connectivity index (χ3v) is 2.58. The van der Waals surface area contributed by atoms with Crippen molar-refractivity contribution < 1.29 is 9.84 Å². The van der Waals surface area contributed by atoms with Crippen molar-refractivity contribution >= 4 is 0 Å². The van der Waals surface area contributed by atoms with E-state index in [2.05, 4.69) is 27.4 Å². The van der Waals surface area contributed by atoms with Gasteiger partial charge in [-0.3, -0.25) is 0 Å². The fourth-order valence-corrected chi connectivity index (χ4v) is 1.80. The first-order valence-corrected chi connectivity index (χ1v) is 5.41. The summed E-state index contributed by atoms with van der Waals surface area (Å²) in [6, 6.07) is 3.68. The molecule has 0 radical (unpaired) electrons. The van der Waals surface area contributed by atoms with Crippen LogP contribution in [0, 0.1) is 0 Å². The molecule has 0 unspecified atom stereocenters. The van der Waals surface area contributed by atoms with E-state index in [0.29, 0.717) is 5.75 Å². The van der Waals surface area contributed by atoms with Gasteiger partial charge in [0.1, 0.15) is 0 Å². The summed E-state index contributed by atoms with van der Waals surface area (Å²) >= 11 is 0. The molecule has 0 aliphatic carbocycles. The zero-order valence-corrected chi connectivity index (χ0v) is 10.5. The van der Waals surface area contributed by atoms with Gasteiger partial charge in [-0.25, -0.2) is 0 Å². The van der Waals surface area contributed by atoms with Crippen LogP contribution in [0.1, 0.15) is 31.9 Å². The molecule has 1 aromatic carbocycles. The summed E-state index contributed by atoms with van der Waals surface area (Å²) in [5.74, 6) is 0.713. The van der Waals surface area contributed by atoms with E-state index in [-0.39, 0.29) is 11.2 Å². The third-order valence-electron chi connectivity index (χ3n) is 2.58. The highest BCUT2D eigenvalue weighted by molar-refractivity contribution is 5.49. The lowest BCUT2D eigenvalue weighted by Gasteiger charge is -2.23. The van der Waals surface area contributed by atoms with Crippen LogP contribution in [0.2, 0.25) is 0 Å². The molecule has 88 valence electrons. The Balaban J connectivity index is 3.35. The van der Waals surface area contributed by atoms with Gasteiger partial charge in [-0.05, 0) is 35.1 Å². The minimum atomic E-state index is 0.00208. The molecule has 0 aliphatic rings. The van der Waals surface area contributed by atoms with E-state index in [1.165, 1.54) is 0 Å². The monoisotopic (exact) mass is 220 g/mol. The second-order valence-electron chi connectivity index (χ2n) is 4.92. The van der Waals surface area contributed by atoms with Crippen molar-refractivity contribution in [3.05, 3.63) is 35.9 Å². The van der Waals surface area contributed by atoms with E-state index in [9.17, 15) is 5.11 Å². The molecule has 0 saturated carbocycles. The van der Waals surface area contributed by atoms with Crippen LogP contribution < -0.4 is 4.74 Å². The van der Waals surface area contributed by atoms with Crippen LogP contribution in [0.5, 0.6) is 11.5 Å². The van der Waals surface area contributed by atoms with Gasteiger partial charge in [-0.2, -0.15) is 0 Å². The summed E-state index contributed by atoms with van der Waals surface area (Å²) < 4.78 is 5.12. The molecule has 0 aromatic heterocycles. The first kappa shape index (κ1) is 12.6. The maximum atomic E-state index is 9.80. The van der Waals surface area contributed by atoms with Gasteiger partial charge in [-0.1, -0.05) is 26.8 Å². The molecule has 1 aromatic rings. The highest BCUT2D eigenvalue weighted by Gasteiger charge is 2.20. The van der Waals surface area contributed by atoms with E-state index < -0.39 is 0 Å². The van der Waals surface area contributed by atoms with E-state index in [1.54, 1.807) is 13.2 Å². The van der Waals surface area contributed by atoms with Gasteiger partial charge < -0.3 is 9.84 Å². The average molecular weight is 220 g/mol. The Bertz CT molecular complexity index is 386. The van der Waals surface area contributed by atoms with Crippen LogP contribution in [0.4, 0.5) is 0 Å². The van der Waals surface area contributed by atoms with Crippen molar-refractivity contribution in [1.82, 2.24) is 0 Å². The summed E-state index contributed by atoms with van der Waals surface area (Å²) in [4.78, 5) is 0. The molecule has 0 atom stereocenters. The molecule has 2 heteroatoms. The molecule has 2 nitrogen and oxygen atoms in total. The molecular weight excluding hydrogens is 200 g/mol. The number of phenols is 1. The van der Waals surface area contributed by atoms with E-state index in [0.717, 1.165) is 17.5 Å². The largest absolute Gasteiger partial charge is 0.504 e. The molecule has 0 aliphatic heterocycles. The van der Waals surface area contributed by atoms with Crippen molar-refractivity contribution in [2.75, 3.05) is 7.11 Å². The van der Waals surface area contributed by atoms with E-state index in [1.807, 2.05) is 12.1 Å². The van der Waals surface area contributed by atoms with Crippen LogP contribution in [-0.2, 0) is 11.8 Å². The van der Waals surface area contributed by atoms with Crippen molar-refractivity contribution in [1.29, 1.82) is 0 Å². The van der Waals surface area contributed by atoms with Crippen LogP contribution in [-0.4, -0.2) is 12.2 Å². The maximum absolute atomic E-state index is 9.80. The van der Waals surface area contributed by atoms with Gasteiger partial charge in [-0.15, -0.1) is 6.58 Å². The van der Waals surface area contributed by atoms with Gasteiger partial charge in [0.05, 0.1) is 7.11 Å². The van der Waals surface area contributed by atoms with Gasteiger partial charge >= 0.3 is 0 Å². The second-order valence-corrected chi connectivity index (χ2v) is 4.92. The average Bonchev–Trinajstić information content (AvgIpc) is 2.19. The fourth-order valence-electron chi connectivity index (χ4n) is 1.80. The predicted molar refractivity (Wildman–Crippen MR) is 67.3 cm³/mol. The highest BCUT2D eigenvalue weighted by Crippen LogP contribution is 2.35. The smallest absolute Gasteiger partial charge is 0.160 e. The Labute approximate surface area is 97.6 Å². The molecule has 1 N–H and O–H groups in total. The zero-order chi connectivity index (χ0) is 12.3. The molecule has 0 saturated heterocycles. The van der Waals surface area contributed by atoms with Gasteiger partial charge in [0, 0.05) is 0 Å². The quantitative estimate of drug-likeness (QED) is 0.791. The fraction of sp³-hybridized carbons (Fsp3) is 0.429. The van der Waals surface area contributed by atoms with Crippen molar-refractivity contribution in [2.24, 2.45) is 0 Å². The first-order chi connectivity index (χ1) is 7.40. The minimum Gasteiger partial charge on any atom is -0.504 e. The number of benzene rings is 1. The molecule has 0 amide bonds. The Morgan fingerprint density at radius 1 is 1.38 bits per heavy atom. The predicted octanol–water partition coefficient (Wildman–Crippen LogP) is 3.43. The second kappa shape index (κ2) is 4.60. The maximum Gasteiger partial charge on any atom is 0.160 e. The lowest BCUT2D eigenvalue weighted by molar-refractivity contribution is 0.371. The number of allylic oxidation sites excluding steroid dienone is 1. The van der Waals surface area contributed by atoms with Crippen LogP contribution in [0.25, 0.3) is 0 Å². The lowest BCUT2D eigenvalue weighted by atomic mass is 9.82. The Hall–Kier alpha value is -1.44. The summed E-state index contributed by atoms with van der Waals surface area (Å²) in [5.41, 5.74) is 2.28. The number of hydrogen-bond donors (Lipinski definition) is 1. The topological polar surface area (TPSA) is 29.5 Å². The lowest BCUT2D eigenvalue weighted by Crippen LogP contribution is -2.14. The number of methoxy groups -OCH3 is 1. The number of rotatable bonds is 3. The number of hydrogen-bond acceptors (Lipinski definition) is 2. The van der Waals surface area contributed by atoms with Crippen molar-refractivity contribution in [3.63, 3.8) is 0 Å². The summed E-state index contributed by atoms with van der Waals surface area (Å²) in [6.07, 6.45) is 2.64. The normalized spacial score (nSPS) is 11.2. The van der Waals surface area contributed by atoms with Crippen molar-refractivity contribution in [2.45, 2.75) is 32.6 Å². The Morgan fingerprint density at radius 2 is 2.00 bits per heavy atom. The summed E-state index contributed by atoms with van der Waals surface area (Å²) in [6.45, 7) is 10.1. The molecular formula is C14H20O2. The zero-order valence-electron chi connectivity index (χ0n) is 10.5. The summed E-state index contributed by atoms with van der Waals surface area (Å²) in [7, 11) is 1.56. The Kier molecular flexibility index (Phi) is 3.63. The number of aromatic hydroxyl groups is 1. The number of phenolic OH excluding ortho intramolecular Hbond substituents is 1. The van der Waals surface area contributed by atoms with Crippen LogP contribution in [0.15, 0.2) is 24.8 Å². The van der Waals surface area contributed by atoms with Gasteiger partial charge in [0.25, 0.3) is 0 Å². The molecule has 0 fully saturated rings. The van der Waals surface area contributed by atoms with Crippen LogP contribution in [0.3, 0.4) is 0 Å². The molecule has 0 heterocycles. The molecule has 1 rings (SSSR count). The van der Waals surface area contributed by atoms with E-state index in [4.69, 9.17) is 4.74 Å². The van der Waals surface area contributed by atoms with E-state index >= 15 is 0 Å². The molecule has 0 bridgehead atoms.